The van der Waals surface area contributed by atoms with Crippen molar-refractivity contribution in [2.24, 2.45) is 0 Å². The molecule has 0 unspecified atom stereocenters. The second kappa shape index (κ2) is 11.0. The molecule has 0 bridgehead atoms. The molecule has 2 aromatic rings. The predicted molar refractivity (Wildman–Crippen MR) is 137 cm³/mol. The monoisotopic (exact) mass is 548 g/mol. The van der Waals surface area contributed by atoms with Crippen molar-refractivity contribution < 1.29 is 37.3 Å². The number of aliphatic hydroxyl groups is 1. The van der Waals surface area contributed by atoms with Crippen LogP contribution in [0.3, 0.4) is 0 Å². The normalized spacial score (nSPS) is 24.9. The van der Waals surface area contributed by atoms with E-state index < -0.39 is 30.0 Å². The van der Waals surface area contributed by atoms with Crippen molar-refractivity contribution in [2.45, 2.75) is 43.2 Å². The average molecular weight is 549 g/mol. The summed E-state index contributed by atoms with van der Waals surface area (Å²) in [7, 11) is 2.02. The van der Waals surface area contributed by atoms with Gasteiger partial charge in [-0.2, -0.15) is 13.2 Å². The number of urea groups is 1. The van der Waals surface area contributed by atoms with E-state index >= 15 is 0 Å². The molecule has 0 aromatic heterocycles. The molecule has 2 saturated heterocycles. The Bertz CT molecular complexity index is 1200. The first-order valence-electron chi connectivity index (χ1n) is 12.9. The molecule has 0 spiro atoms. The molecule has 3 aliphatic rings. The lowest BCUT2D eigenvalue weighted by atomic mass is 9.84. The van der Waals surface area contributed by atoms with Crippen LogP contribution in [0.25, 0.3) is 0 Å². The van der Waals surface area contributed by atoms with Crippen LogP contribution in [0.4, 0.5) is 29.3 Å². The summed E-state index contributed by atoms with van der Waals surface area (Å²) in [6.07, 6.45) is -5.12. The topological polar surface area (TPSA) is 103 Å². The van der Waals surface area contributed by atoms with E-state index in [9.17, 15) is 27.9 Å². The highest BCUT2D eigenvalue weighted by Crippen LogP contribution is 2.47. The highest BCUT2D eigenvalue weighted by atomic mass is 19.4. The Kier molecular flexibility index (Phi) is 7.70. The Hall–Kier alpha value is -3.35. The molecule has 2 aromatic carbocycles. The van der Waals surface area contributed by atoms with Crippen LogP contribution in [0, 0.1) is 0 Å². The molecule has 0 radical (unpaired) electrons. The number of benzene rings is 2. The van der Waals surface area contributed by atoms with Gasteiger partial charge in [0.1, 0.15) is 18.0 Å². The van der Waals surface area contributed by atoms with Gasteiger partial charge >= 0.3 is 12.2 Å². The van der Waals surface area contributed by atoms with E-state index in [-0.39, 0.29) is 36.6 Å². The quantitative estimate of drug-likeness (QED) is 0.529. The molecule has 39 heavy (non-hydrogen) atoms. The van der Waals surface area contributed by atoms with Crippen LogP contribution < -0.4 is 15.4 Å². The molecule has 0 saturated carbocycles. The van der Waals surface area contributed by atoms with Crippen LogP contribution in [-0.4, -0.2) is 85.0 Å². The highest BCUT2D eigenvalue weighted by molar-refractivity contribution is 5.99. The minimum atomic E-state index is -4.46. The van der Waals surface area contributed by atoms with Gasteiger partial charge < -0.3 is 35.0 Å². The molecule has 210 valence electrons. The molecule has 3 amide bonds. The van der Waals surface area contributed by atoms with Gasteiger partial charge in [0.15, 0.2) is 0 Å². The van der Waals surface area contributed by atoms with Gasteiger partial charge in [-0.15, -0.1) is 0 Å². The number of carbonyl (C=O) groups excluding carboxylic acids is 2. The fourth-order valence-corrected chi connectivity index (χ4v) is 5.38. The van der Waals surface area contributed by atoms with Crippen LogP contribution >= 0.6 is 0 Å². The number of ether oxygens (including phenoxy) is 2. The van der Waals surface area contributed by atoms with Crippen molar-refractivity contribution in [1.82, 2.24) is 9.80 Å². The third-order valence-corrected chi connectivity index (χ3v) is 7.49. The Labute approximate surface area is 223 Å². The van der Waals surface area contributed by atoms with Gasteiger partial charge in [0, 0.05) is 49.0 Å². The van der Waals surface area contributed by atoms with Crippen LogP contribution in [0.15, 0.2) is 42.5 Å². The summed E-state index contributed by atoms with van der Waals surface area (Å²) < 4.78 is 50.5. The largest absolute Gasteiger partial charge is 0.487 e. The number of fused-ring (bicyclic) bond motifs is 3. The number of aliphatic hydroxyl groups excluding tert-OH is 1. The average Bonchev–Trinajstić information content (AvgIpc) is 3.26. The van der Waals surface area contributed by atoms with Crippen molar-refractivity contribution >= 4 is 23.3 Å². The van der Waals surface area contributed by atoms with Gasteiger partial charge in [0.25, 0.3) is 0 Å². The van der Waals surface area contributed by atoms with Gasteiger partial charge in [-0.3, -0.25) is 4.79 Å². The third kappa shape index (κ3) is 6.13. The number of amides is 3. The molecular formula is C27H31F3N4O5. The third-order valence-electron chi connectivity index (χ3n) is 7.49. The van der Waals surface area contributed by atoms with E-state index in [1.807, 2.05) is 11.9 Å². The molecule has 3 aliphatic heterocycles. The maximum absolute atomic E-state index is 12.9. The fourth-order valence-electron chi connectivity index (χ4n) is 5.38. The Balaban J connectivity index is 1.24. The van der Waals surface area contributed by atoms with Gasteiger partial charge in [0.2, 0.25) is 5.91 Å². The van der Waals surface area contributed by atoms with Crippen molar-refractivity contribution in [3.63, 3.8) is 0 Å². The first kappa shape index (κ1) is 27.2. The smallest absolute Gasteiger partial charge is 0.416 e. The van der Waals surface area contributed by atoms with Gasteiger partial charge in [-0.05, 0) is 55.9 Å². The number of likely N-dealkylation sites (N-methyl/N-ethyl adjacent to an activating group) is 1. The standard InChI is InChI=1S/C27H31F3N4O5/c1-33-8-10-34(11-9-33)24(36)14-19-13-21-20-12-18(6-7-22(20)39-25(21)23(15-35)38-19)32-26(37)31-17-4-2-16(3-5-17)27(28,29)30/h2-7,12,19,21,23,25,35H,8-11,13-15H2,1H3,(H2,31,32,37)/t19-,21+,23+,25-/m0/s1. The minimum Gasteiger partial charge on any atom is -0.487 e. The van der Waals surface area contributed by atoms with E-state index in [2.05, 4.69) is 15.5 Å². The second-order valence-corrected chi connectivity index (χ2v) is 10.2. The number of piperazine rings is 1. The number of hydrogen-bond acceptors (Lipinski definition) is 6. The number of alkyl halides is 3. The van der Waals surface area contributed by atoms with Gasteiger partial charge in [0.05, 0.1) is 24.7 Å². The van der Waals surface area contributed by atoms with E-state index in [0.717, 1.165) is 30.8 Å². The SMILES string of the molecule is CN1CCN(C(=O)C[C@@H]2C[C@@H]3c4cc(NC(=O)Nc5ccc(C(F)(F)F)cc5)ccc4O[C@@H]3[C@@H](CO)O2)CC1. The zero-order valence-electron chi connectivity index (χ0n) is 21.4. The molecule has 12 heteroatoms. The Morgan fingerprint density at radius 3 is 2.36 bits per heavy atom. The maximum Gasteiger partial charge on any atom is 0.416 e. The molecule has 5 rings (SSSR count). The molecule has 4 atom stereocenters. The lowest BCUT2D eigenvalue weighted by molar-refractivity contribution is -0.150. The second-order valence-electron chi connectivity index (χ2n) is 10.2. The number of nitrogens with zero attached hydrogens (tertiary/aromatic N) is 2. The summed E-state index contributed by atoms with van der Waals surface area (Å²) in [6.45, 7) is 2.74. The first-order chi connectivity index (χ1) is 18.6. The van der Waals surface area contributed by atoms with Gasteiger partial charge in [-0.25, -0.2) is 4.79 Å². The molecule has 2 fully saturated rings. The highest BCUT2D eigenvalue weighted by Gasteiger charge is 2.46. The van der Waals surface area contributed by atoms with E-state index in [0.29, 0.717) is 30.9 Å². The lowest BCUT2D eigenvalue weighted by Gasteiger charge is -2.38. The number of hydrogen-bond donors (Lipinski definition) is 3. The van der Waals surface area contributed by atoms with Crippen molar-refractivity contribution in [3.05, 3.63) is 53.6 Å². The fraction of sp³-hybridized carbons (Fsp3) is 0.481. The van der Waals surface area contributed by atoms with Crippen molar-refractivity contribution in [3.8, 4) is 5.75 Å². The summed E-state index contributed by atoms with van der Waals surface area (Å²) in [6, 6.07) is 8.72. The van der Waals surface area contributed by atoms with Crippen LogP contribution in [0.2, 0.25) is 0 Å². The number of nitrogens with one attached hydrogen (secondary N) is 2. The van der Waals surface area contributed by atoms with E-state index in [1.165, 1.54) is 12.1 Å². The number of carbonyl (C=O) groups is 2. The summed E-state index contributed by atoms with van der Waals surface area (Å²) in [4.78, 5) is 29.5. The predicted octanol–water partition coefficient (Wildman–Crippen LogP) is 3.51. The Morgan fingerprint density at radius 2 is 1.69 bits per heavy atom. The molecule has 3 N–H and O–H groups in total. The minimum absolute atomic E-state index is 0.0257. The summed E-state index contributed by atoms with van der Waals surface area (Å²) in [5.41, 5.74) is 0.724. The van der Waals surface area contributed by atoms with Gasteiger partial charge in [-0.1, -0.05) is 0 Å². The molecule has 0 aliphatic carbocycles. The van der Waals surface area contributed by atoms with Crippen molar-refractivity contribution in [2.75, 3.05) is 50.5 Å². The first-order valence-corrected chi connectivity index (χ1v) is 12.9. The lowest BCUT2D eigenvalue weighted by Crippen LogP contribution is -2.50. The zero-order valence-corrected chi connectivity index (χ0v) is 21.4. The van der Waals surface area contributed by atoms with Crippen molar-refractivity contribution in [1.29, 1.82) is 0 Å². The molecule has 9 nitrogen and oxygen atoms in total. The summed E-state index contributed by atoms with van der Waals surface area (Å²) in [5.74, 6) is 0.500. The Morgan fingerprint density at radius 1 is 1.03 bits per heavy atom. The summed E-state index contributed by atoms with van der Waals surface area (Å²) in [5, 5.41) is 15.2. The zero-order chi connectivity index (χ0) is 27.7. The van der Waals surface area contributed by atoms with Crippen LogP contribution in [0.1, 0.15) is 29.9 Å². The maximum atomic E-state index is 12.9. The summed E-state index contributed by atoms with van der Waals surface area (Å²) >= 11 is 0. The van der Waals surface area contributed by atoms with Crippen LogP contribution in [0.5, 0.6) is 5.75 Å². The number of halogens is 3. The molecular weight excluding hydrogens is 517 g/mol. The van der Waals surface area contributed by atoms with E-state index in [4.69, 9.17) is 9.47 Å². The van der Waals surface area contributed by atoms with E-state index in [1.54, 1.807) is 18.2 Å². The molecule has 3 heterocycles. The van der Waals surface area contributed by atoms with Crippen LogP contribution in [-0.2, 0) is 15.7 Å². The number of rotatable bonds is 5. The number of anilines is 2.